The molecule has 0 aliphatic rings. The van der Waals surface area contributed by atoms with E-state index in [2.05, 4.69) is 10.5 Å². The van der Waals surface area contributed by atoms with Gasteiger partial charge < -0.3 is 10.5 Å². The maximum atomic E-state index is 11.9. The number of nitrogens with zero attached hydrogens (tertiary/aromatic N) is 2. The topological polar surface area (TPSA) is 120 Å². The Labute approximate surface area is 131 Å². The summed E-state index contributed by atoms with van der Waals surface area (Å²) in [5.74, 6) is -0.324. The Bertz CT molecular complexity index is 774. The van der Waals surface area contributed by atoms with Crippen LogP contribution in [0.2, 0.25) is 0 Å². The number of nitrogen functional groups attached to an aromatic ring is 1. The third-order valence-corrected chi connectivity index (χ3v) is 2.98. The second-order valence-corrected chi connectivity index (χ2v) is 4.47. The number of benzene rings is 2. The Morgan fingerprint density at radius 3 is 2.74 bits per heavy atom. The van der Waals surface area contributed by atoms with Crippen molar-refractivity contribution in [2.24, 2.45) is 5.10 Å². The lowest BCUT2D eigenvalue weighted by Gasteiger charge is -2.03. The maximum Gasteiger partial charge on any atom is 0.311 e. The molecule has 0 saturated carbocycles. The minimum atomic E-state index is -0.556. The SMILES string of the molecule is COc1ccc(/C=N/NC(=O)c2ccccc2N)cc1[N+](=O)[O-]. The molecule has 2 aromatic rings. The molecule has 0 unspecified atom stereocenters. The molecule has 0 aliphatic heterocycles. The van der Waals surface area contributed by atoms with Crippen molar-refractivity contribution in [3.05, 3.63) is 63.7 Å². The zero-order chi connectivity index (χ0) is 16.8. The van der Waals surface area contributed by atoms with Crippen LogP contribution >= 0.6 is 0 Å². The highest BCUT2D eigenvalue weighted by Gasteiger charge is 2.14. The summed E-state index contributed by atoms with van der Waals surface area (Å²) in [6.07, 6.45) is 1.30. The van der Waals surface area contributed by atoms with Crippen LogP contribution in [0.4, 0.5) is 11.4 Å². The third-order valence-electron chi connectivity index (χ3n) is 2.98. The number of methoxy groups -OCH3 is 1. The molecule has 0 saturated heterocycles. The predicted octanol–water partition coefficient (Wildman–Crippen LogP) is 1.95. The highest BCUT2D eigenvalue weighted by Crippen LogP contribution is 2.26. The first-order valence-corrected chi connectivity index (χ1v) is 6.53. The molecule has 8 heteroatoms. The summed E-state index contributed by atoms with van der Waals surface area (Å²) in [6.45, 7) is 0. The quantitative estimate of drug-likeness (QED) is 0.378. The summed E-state index contributed by atoms with van der Waals surface area (Å²) in [7, 11) is 1.35. The predicted molar refractivity (Wildman–Crippen MR) is 85.6 cm³/mol. The number of hydrazone groups is 1. The second kappa shape index (κ2) is 7.03. The number of carbonyl (C=O) groups excluding carboxylic acids is 1. The normalized spacial score (nSPS) is 10.5. The molecule has 0 fully saturated rings. The Morgan fingerprint density at radius 1 is 1.35 bits per heavy atom. The molecule has 2 aromatic carbocycles. The van der Waals surface area contributed by atoms with E-state index in [9.17, 15) is 14.9 Å². The van der Waals surface area contributed by atoms with Crippen LogP contribution < -0.4 is 15.9 Å². The molecule has 0 atom stereocenters. The number of nitro groups is 1. The second-order valence-electron chi connectivity index (χ2n) is 4.47. The van der Waals surface area contributed by atoms with Crippen molar-refractivity contribution >= 4 is 23.5 Å². The Balaban J connectivity index is 2.12. The Morgan fingerprint density at radius 2 is 2.09 bits per heavy atom. The van der Waals surface area contributed by atoms with E-state index in [0.717, 1.165) is 0 Å². The first-order valence-electron chi connectivity index (χ1n) is 6.53. The molecule has 0 heterocycles. The fraction of sp³-hybridized carbons (Fsp3) is 0.0667. The fourth-order valence-electron chi connectivity index (χ4n) is 1.86. The first-order chi connectivity index (χ1) is 11.0. The number of nitro benzene ring substituents is 1. The van der Waals surface area contributed by atoms with E-state index >= 15 is 0 Å². The molecule has 0 radical (unpaired) electrons. The third kappa shape index (κ3) is 3.82. The van der Waals surface area contributed by atoms with E-state index in [4.69, 9.17) is 10.5 Å². The number of nitrogens with two attached hydrogens (primary N) is 1. The van der Waals surface area contributed by atoms with Gasteiger partial charge in [0, 0.05) is 17.3 Å². The smallest absolute Gasteiger partial charge is 0.311 e. The molecule has 3 N–H and O–H groups in total. The minimum Gasteiger partial charge on any atom is -0.490 e. The zero-order valence-corrected chi connectivity index (χ0v) is 12.2. The van der Waals surface area contributed by atoms with E-state index in [1.54, 1.807) is 30.3 Å². The standard InChI is InChI=1S/C15H14N4O4/c1-23-14-7-6-10(8-13(14)19(21)22)9-17-18-15(20)11-4-2-3-5-12(11)16/h2-9H,16H2,1H3,(H,18,20)/b17-9+. The van der Waals surface area contributed by atoms with Gasteiger partial charge in [0.25, 0.3) is 5.91 Å². The van der Waals surface area contributed by atoms with Gasteiger partial charge >= 0.3 is 5.69 Å². The zero-order valence-electron chi connectivity index (χ0n) is 12.2. The van der Waals surface area contributed by atoms with E-state index in [-0.39, 0.29) is 11.4 Å². The van der Waals surface area contributed by atoms with Gasteiger partial charge in [-0.3, -0.25) is 14.9 Å². The molecule has 1 amide bonds. The molecular weight excluding hydrogens is 300 g/mol. The minimum absolute atomic E-state index is 0.147. The monoisotopic (exact) mass is 314 g/mol. The number of para-hydroxylation sites is 1. The van der Waals surface area contributed by atoms with E-state index in [1.165, 1.54) is 25.5 Å². The lowest BCUT2D eigenvalue weighted by molar-refractivity contribution is -0.385. The van der Waals surface area contributed by atoms with Crippen LogP contribution in [-0.4, -0.2) is 24.2 Å². The Kier molecular flexibility index (Phi) is 4.88. The van der Waals surface area contributed by atoms with Gasteiger partial charge in [0.05, 0.1) is 23.8 Å². The van der Waals surface area contributed by atoms with E-state index in [1.807, 2.05) is 0 Å². The molecule has 2 rings (SSSR count). The summed E-state index contributed by atoms with van der Waals surface area (Å²) in [4.78, 5) is 22.3. The number of ether oxygens (including phenoxy) is 1. The van der Waals surface area contributed by atoms with Crippen molar-refractivity contribution < 1.29 is 14.5 Å². The van der Waals surface area contributed by atoms with E-state index < -0.39 is 10.8 Å². The summed E-state index contributed by atoms with van der Waals surface area (Å²) >= 11 is 0. The largest absolute Gasteiger partial charge is 0.490 e. The van der Waals surface area contributed by atoms with E-state index in [0.29, 0.717) is 16.8 Å². The fourth-order valence-corrected chi connectivity index (χ4v) is 1.86. The summed E-state index contributed by atoms with van der Waals surface area (Å²) in [5.41, 5.74) is 8.89. The van der Waals surface area contributed by atoms with Gasteiger partial charge in [-0.25, -0.2) is 5.43 Å². The van der Waals surface area contributed by atoms with Crippen molar-refractivity contribution in [2.45, 2.75) is 0 Å². The van der Waals surface area contributed by atoms with Crippen molar-refractivity contribution in [1.82, 2.24) is 5.43 Å². The number of rotatable bonds is 5. The van der Waals surface area contributed by atoms with Crippen LogP contribution in [0.1, 0.15) is 15.9 Å². The number of hydrogen-bond donors (Lipinski definition) is 2. The van der Waals surface area contributed by atoms with Gasteiger partial charge in [-0.2, -0.15) is 5.10 Å². The molecule has 23 heavy (non-hydrogen) atoms. The maximum absolute atomic E-state index is 11.9. The van der Waals surface area contributed by atoms with Crippen LogP contribution in [0.3, 0.4) is 0 Å². The van der Waals surface area contributed by atoms with Crippen molar-refractivity contribution in [2.75, 3.05) is 12.8 Å². The molecule has 118 valence electrons. The highest BCUT2D eigenvalue weighted by atomic mass is 16.6. The number of nitrogens with one attached hydrogen (secondary N) is 1. The highest BCUT2D eigenvalue weighted by molar-refractivity contribution is 5.99. The number of carbonyl (C=O) groups is 1. The average molecular weight is 314 g/mol. The molecular formula is C15H14N4O4. The van der Waals surface area contributed by atoms with Crippen LogP contribution in [-0.2, 0) is 0 Å². The van der Waals surface area contributed by atoms with Crippen LogP contribution in [0.25, 0.3) is 0 Å². The summed E-state index contributed by atoms with van der Waals surface area (Å²) in [5, 5.41) is 14.7. The van der Waals surface area contributed by atoms with Gasteiger partial charge in [0.1, 0.15) is 0 Å². The van der Waals surface area contributed by atoms with Crippen LogP contribution in [0.5, 0.6) is 5.75 Å². The molecule has 0 aromatic heterocycles. The lowest BCUT2D eigenvalue weighted by atomic mass is 10.2. The number of hydrogen-bond acceptors (Lipinski definition) is 6. The average Bonchev–Trinajstić information content (AvgIpc) is 2.55. The van der Waals surface area contributed by atoms with Gasteiger partial charge in [-0.1, -0.05) is 12.1 Å². The van der Waals surface area contributed by atoms with Crippen molar-refractivity contribution in [3.8, 4) is 5.75 Å². The molecule has 0 bridgehead atoms. The summed E-state index contributed by atoms with van der Waals surface area (Å²) < 4.78 is 4.91. The number of anilines is 1. The van der Waals surface area contributed by atoms with Crippen LogP contribution in [0, 0.1) is 10.1 Å². The Hall–Kier alpha value is -3.42. The van der Waals surface area contributed by atoms with Gasteiger partial charge in [-0.05, 0) is 24.3 Å². The van der Waals surface area contributed by atoms with Crippen LogP contribution in [0.15, 0.2) is 47.6 Å². The van der Waals surface area contributed by atoms with Gasteiger partial charge in [0.15, 0.2) is 5.75 Å². The molecule has 8 nitrogen and oxygen atoms in total. The van der Waals surface area contributed by atoms with Crippen molar-refractivity contribution in [3.63, 3.8) is 0 Å². The van der Waals surface area contributed by atoms with Crippen molar-refractivity contribution in [1.29, 1.82) is 0 Å². The molecule has 0 spiro atoms. The lowest BCUT2D eigenvalue weighted by Crippen LogP contribution is -2.19. The number of amides is 1. The van der Waals surface area contributed by atoms with Gasteiger partial charge in [0.2, 0.25) is 0 Å². The summed E-state index contributed by atoms with van der Waals surface area (Å²) in [6, 6.07) is 10.9. The van der Waals surface area contributed by atoms with Gasteiger partial charge in [-0.15, -0.1) is 0 Å². The first kappa shape index (κ1) is 16.0. The molecule has 0 aliphatic carbocycles.